The molecule has 2 heterocycles. The number of carbonyl (C=O) groups excluding carboxylic acids is 2. The molecular formula is C14H25N3O3. The number of piperidine rings is 1. The van der Waals surface area contributed by atoms with E-state index in [1.54, 1.807) is 18.7 Å². The van der Waals surface area contributed by atoms with Gasteiger partial charge in [0, 0.05) is 19.1 Å². The van der Waals surface area contributed by atoms with Gasteiger partial charge in [0.1, 0.15) is 0 Å². The van der Waals surface area contributed by atoms with E-state index in [0.29, 0.717) is 13.1 Å². The van der Waals surface area contributed by atoms with Crippen molar-refractivity contribution in [1.29, 1.82) is 0 Å². The fourth-order valence-corrected chi connectivity index (χ4v) is 3.12. The summed E-state index contributed by atoms with van der Waals surface area (Å²) in [5, 5.41) is 12.7. The van der Waals surface area contributed by atoms with Crippen LogP contribution >= 0.6 is 0 Å². The van der Waals surface area contributed by atoms with Crippen molar-refractivity contribution >= 4 is 11.9 Å². The van der Waals surface area contributed by atoms with Crippen LogP contribution in [0.3, 0.4) is 0 Å². The molecule has 2 N–H and O–H groups in total. The Morgan fingerprint density at radius 1 is 1.50 bits per heavy atom. The summed E-state index contributed by atoms with van der Waals surface area (Å²) >= 11 is 0. The molecule has 2 aliphatic heterocycles. The SMILES string of the molecule is CC(C)N1C(=O)N[C@@H]2CN(C(=O)CC(C)(C)O)CC[C@@H]21. The van der Waals surface area contributed by atoms with Gasteiger partial charge in [-0.1, -0.05) is 0 Å². The Balaban J connectivity index is 1.99. The van der Waals surface area contributed by atoms with Gasteiger partial charge in [0.05, 0.1) is 24.1 Å². The van der Waals surface area contributed by atoms with Crippen LogP contribution in [0.15, 0.2) is 0 Å². The number of aliphatic hydroxyl groups is 1. The third kappa shape index (κ3) is 3.06. The zero-order chi connectivity index (χ0) is 15.1. The van der Waals surface area contributed by atoms with Crippen molar-refractivity contribution in [3.63, 3.8) is 0 Å². The van der Waals surface area contributed by atoms with E-state index in [2.05, 4.69) is 5.32 Å². The van der Waals surface area contributed by atoms with Crippen LogP contribution in [0.4, 0.5) is 4.79 Å². The maximum absolute atomic E-state index is 12.1. The highest BCUT2D eigenvalue weighted by molar-refractivity contribution is 5.80. The number of hydrogen-bond donors (Lipinski definition) is 2. The standard InChI is InChI=1S/C14H25N3O3/c1-9(2)17-11-5-6-16(8-10(11)15-13(17)19)12(18)7-14(3,4)20/h9-11,20H,5-8H2,1-4H3,(H,15,19)/t10-,11+/m1/s1. The van der Waals surface area contributed by atoms with E-state index in [1.807, 2.05) is 18.7 Å². The van der Waals surface area contributed by atoms with E-state index in [9.17, 15) is 14.7 Å². The average Bonchev–Trinajstić information content (AvgIpc) is 2.61. The Labute approximate surface area is 120 Å². The first-order valence-corrected chi connectivity index (χ1v) is 7.28. The predicted octanol–water partition coefficient (Wildman–Crippen LogP) is 0.550. The summed E-state index contributed by atoms with van der Waals surface area (Å²) in [7, 11) is 0. The highest BCUT2D eigenvalue weighted by Gasteiger charge is 2.44. The molecule has 0 aliphatic carbocycles. The number of fused-ring (bicyclic) bond motifs is 1. The smallest absolute Gasteiger partial charge is 0.318 e. The lowest BCUT2D eigenvalue weighted by molar-refractivity contribution is -0.137. The van der Waals surface area contributed by atoms with Gasteiger partial charge in [0.25, 0.3) is 0 Å². The van der Waals surface area contributed by atoms with Crippen LogP contribution < -0.4 is 5.32 Å². The summed E-state index contributed by atoms with van der Waals surface area (Å²) in [6, 6.07) is 0.313. The van der Waals surface area contributed by atoms with Crippen molar-refractivity contribution in [2.45, 2.75) is 64.3 Å². The van der Waals surface area contributed by atoms with Crippen molar-refractivity contribution in [2.75, 3.05) is 13.1 Å². The molecule has 0 unspecified atom stereocenters. The lowest BCUT2D eigenvalue weighted by Gasteiger charge is -2.38. The van der Waals surface area contributed by atoms with E-state index < -0.39 is 5.60 Å². The molecule has 2 rings (SSSR count). The number of amides is 3. The van der Waals surface area contributed by atoms with E-state index >= 15 is 0 Å². The molecule has 2 atom stereocenters. The molecule has 0 saturated carbocycles. The van der Waals surface area contributed by atoms with E-state index in [-0.39, 0.29) is 36.5 Å². The van der Waals surface area contributed by atoms with Gasteiger partial charge < -0.3 is 20.2 Å². The number of nitrogens with zero attached hydrogens (tertiary/aromatic N) is 2. The molecule has 0 aromatic rings. The molecule has 2 fully saturated rings. The van der Waals surface area contributed by atoms with Crippen molar-refractivity contribution in [3.05, 3.63) is 0 Å². The van der Waals surface area contributed by atoms with Crippen molar-refractivity contribution in [3.8, 4) is 0 Å². The summed E-state index contributed by atoms with van der Waals surface area (Å²) in [5.41, 5.74) is -0.989. The molecular weight excluding hydrogens is 258 g/mol. The second kappa shape index (κ2) is 5.24. The van der Waals surface area contributed by atoms with Crippen molar-refractivity contribution in [2.24, 2.45) is 0 Å². The number of rotatable bonds is 3. The maximum Gasteiger partial charge on any atom is 0.318 e. The largest absolute Gasteiger partial charge is 0.390 e. The fraction of sp³-hybridized carbons (Fsp3) is 0.857. The Bertz CT molecular complexity index is 403. The lowest BCUT2D eigenvalue weighted by Crippen LogP contribution is -2.54. The predicted molar refractivity (Wildman–Crippen MR) is 75.2 cm³/mol. The van der Waals surface area contributed by atoms with Crippen LogP contribution in [0.1, 0.15) is 40.5 Å². The van der Waals surface area contributed by atoms with Crippen molar-refractivity contribution in [1.82, 2.24) is 15.1 Å². The second-order valence-corrected chi connectivity index (χ2v) is 6.74. The van der Waals surface area contributed by atoms with Crippen LogP contribution in [-0.4, -0.2) is 63.7 Å². The van der Waals surface area contributed by atoms with E-state index in [1.165, 1.54) is 0 Å². The van der Waals surface area contributed by atoms with Gasteiger partial charge in [-0.05, 0) is 34.1 Å². The first-order valence-electron chi connectivity index (χ1n) is 7.28. The highest BCUT2D eigenvalue weighted by Crippen LogP contribution is 2.25. The van der Waals surface area contributed by atoms with Crippen LogP contribution in [0, 0.1) is 0 Å². The van der Waals surface area contributed by atoms with Gasteiger partial charge in [-0.15, -0.1) is 0 Å². The summed E-state index contributed by atoms with van der Waals surface area (Å²) in [6.07, 6.45) is 0.908. The van der Waals surface area contributed by atoms with Gasteiger partial charge >= 0.3 is 6.03 Å². The Kier molecular flexibility index (Phi) is 3.95. The van der Waals surface area contributed by atoms with Gasteiger partial charge in [0.15, 0.2) is 0 Å². The third-order valence-electron chi connectivity index (χ3n) is 3.97. The summed E-state index contributed by atoms with van der Waals surface area (Å²) in [6.45, 7) is 8.47. The van der Waals surface area contributed by atoms with Crippen molar-refractivity contribution < 1.29 is 14.7 Å². The molecule has 0 aromatic heterocycles. The van der Waals surface area contributed by atoms with Crippen LogP contribution in [0.5, 0.6) is 0 Å². The Morgan fingerprint density at radius 2 is 2.15 bits per heavy atom. The molecule has 0 aromatic carbocycles. The zero-order valence-corrected chi connectivity index (χ0v) is 12.7. The van der Waals surface area contributed by atoms with Crippen LogP contribution in [0.25, 0.3) is 0 Å². The zero-order valence-electron chi connectivity index (χ0n) is 12.7. The monoisotopic (exact) mass is 283 g/mol. The second-order valence-electron chi connectivity index (χ2n) is 6.74. The number of carbonyl (C=O) groups is 2. The normalized spacial score (nSPS) is 26.8. The molecule has 3 amide bonds. The van der Waals surface area contributed by atoms with Gasteiger partial charge in [-0.3, -0.25) is 4.79 Å². The Morgan fingerprint density at radius 3 is 2.70 bits per heavy atom. The molecule has 2 aliphatic rings. The summed E-state index contributed by atoms with van der Waals surface area (Å²) in [4.78, 5) is 27.7. The average molecular weight is 283 g/mol. The van der Waals surface area contributed by atoms with E-state index in [4.69, 9.17) is 0 Å². The minimum Gasteiger partial charge on any atom is -0.390 e. The first-order chi connectivity index (χ1) is 9.19. The molecule has 6 nitrogen and oxygen atoms in total. The fourth-order valence-electron chi connectivity index (χ4n) is 3.12. The lowest BCUT2D eigenvalue weighted by atomic mass is 9.97. The minimum atomic E-state index is -0.989. The molecule has 0 radical (unpaired) electrons. The number of likely N-dealkylation sites (tertiary alicyclic amines) is 1. The van der Waals surface area contributed by atoms with E-state index in [0.717, 1.165) is 6.42 Å². The molecule has 6 heteroatoms. The first kappa shape index (κ1) is 15.1. The van der Waals surface area contributed by atoms with Gasteiger partial charge in [-0.2, -0.15) is 0 Å². The molecule has 20 heavy (non-hydrogen) atoms. The van der Waals surface area contributed by atoms with Crippen LogP contribution in [0.2, 0.25) is 0 Å². The molecule has 0 bridgehead atoms. The third-order valence-corrected chi connectivity index (χ3v) is 3.97. The number of urea groups is 1. The number of hydrogen-bond acceptors (Lipinski definition) is 3. The topological polar surface area (TPSA) is 72.9 Å². The minimum absolute atomic E-state index is 0.00408. The summed E-state index contributed by atoms with van der Waals surface area (Å²) < 4.78 is 0. The van der Waals surface area contributed by atoms with Gasteiger partial charge in [0.2, 0.25) is 5.91 Å². The maximum atomic E-state index is 12.1. The van der Waals surface area contributed by atoms with Crippen LogP contribution in [-0.2, 0) is 4.79 Å². The molecule has 2 saturated heterocycles. The molecule has 114 valence electrons. The quantitative estimate of drug-likeness (QED) is 0.794. The molecule has 0 spiro atoms. The highest BCUT2D eigenvalue weighted by atomic mass is 16.3. The number of nitrogens with one attached hydrogen (secondary N) is 1. The van der Waals surface area contributed by atoms with Gasteiger partial charge in [-0.25, -0.2) is 4.79 Å². The Hall–Kier alpha value is -1.30. The summed E-state index contributed by atoms with van der Waals surface area (Å²) in [5.74, 6) is -0.0480.